The van der Waals surface area contributed by atoms with Crippen LogP contribution >= 0.6 is 0 Å². The molecule has 0 bridgehead atoms. The Hall–Kier alpha value is -2.10. The summed E-state index contributed by atoms with van der Waals surface area (Å²) in [6, 6.07) is 12.2. The Bertz CT molecular complexity index is 496. The molecule has 0 aliphatic heterocycles. The first-order valence-corrected chi connectivity index (χ1v) is 5.97. The van der Waals surface area contributed by atoms with Gasteiger partial charge in [-0.15, -0.1) is 0 Å². The smallest absolute Gasteiger partial charge is 0.225 e. The number of hydrogen-bond acceptors (Lipinski definition) is 4. The van der Waals surface area contributed by atoms with Crippen molar-refractivity contribution in [2.45, 2.75) is 19.9 Å². The van der Waals surface area contributed by atoms with Gasteiger partial charge in [0.25, 0.3) is 0 Å². The van der Waals surface area contributed by atoms with Gasteiger partial charge in [0.15, 0.2) is 0 Å². The van der Waals surface area contributed by atoms with E-state index in [1.807, 2.05) is 42.3 Å². The Morgan fingerprint density at radius 2 is 1.94 bits per heavy atom. The summed E-state index contributed by atoms with van der Waals surface area (Å²) in [6.45, 7) is 4.11. The van der Waals surface area contributed by atoms with Gasteiger partial charge < -0.3 is 10.2 Å². The molecule has 0 saturated carbocycles. The van der Waals surface area contributed by atoms with Crippen molar-refractivity contribution in [1.82, 2.24) is 9.97 Å². The molecule has 0 spiro atoms. The van der Waals surface area contributed by atoms with Gasteiger partial charge >= 0.3 is 0 Å². The van der Waals surface area contributed by atoms with E-state index in [-0.39, 0.29) is 0 Å². The van der Waals surface area contributed by atoms with Crippen LogP contribution in [0.15, 0.2) is 36.4 Å². The lowest BCUT2D eigenvalue weighted by molar-refractivity contribution is 0.872. The highest BCUT2D eigenvalue weighted by atomic mass is 15.2. The van der Waals surface area contributed by atoms with Gasteiger partial charge in [-0.25, -0.2) is 4.98 Å². The van der Waals surface area contributed by atoms with E-state index in [1.165, 1.54) is 0 Å². The molecule has 2 aromatic rings. The van der Waals surface area contributed by atoms with E-state index in [4.69, 9.17) is 0 Å². The van der Waals surface area contributed by atoms with Gasteiger partial charge in [0.05, 0.1) is 6.20 Å². The number of hydrogen-bond donors (Lipinski definition) is 1. The summed E-state index contributed by atoms with van der Waals surface area (Å²) in [5.41, 5.74) is 1.08. The fourth-order valence-electron chi connectivity index (χ4n) is 1.60. The zero-order valence-corrected chi connectivity index (χ0v) is 10.9. The zero-order chi connectivity index (χ0) is 13.0. The predicted molar refractivity (Wildman–Crippen MR) is 74.1 cm³/mol. The average Bonchev–Trinajstić information content (AvgIpc) is 2.38. The molecule has 1 heterocycles. The third-order valence-corrected chi connectivity index (χ3v) is 2.49. The van der Waals surface area contributed by atoms with Crippen LogP contribution < -0.4 is 10.2 Å². The molecule has 18 heavy (non-hydrogen) atoms. The van der Waals surface area contributed by atoms with Crippen molar-refractivity contribution in [2.75, 3.05) is 17.3 Å². The summed E-state index contributed by atoms with van der Waals surface area (Å²) in [5, 5.41) is 3.17. The first-order chi connectivity index (χ1) is 8.66. The standard InChI is InChI=1S/C14H17N4/c1-11(2)16-14-15-10-9-13(17-14)18(3)12-7-5-4-6-8-12/h4-9,11H,1-3H3,(H,15,16,17). The van der Waals surface area contributed by atoms with Gasteiger partial charge in [0.2, 0.25) is 5.95 Å². The minimum atomic E-state index is 0.302. The van der Waals surface area contributed by atoms with Crippen LogP contribution in [0.1, 0.15) is 13.8 Å². The van der Waals surface area contributed by atoms with Crippen molar-refractivity contribution in [2.24, 2.45) is 0 Å². The van der Waals surface area contributed by atoms with Gasteiger partial charge in [0.1, 0.15) is 5.82 Å². The predicted octanol–water partition coefficient (Wildman–Crippen LogP) is 2.86. The third-order valence-electron chi connectivity index (χ3n) is 2.49. The quantitative estimate of drug-likeness (QED) is 0.893. The van der Waals surface area contributed by atoms with Crippen LogP contribution in [0.2, 0.25) is 0 Å². The van der Waals surface area contributed by atoms with Crippen LogP contribution in [0.25, 0.3) is 0 Å². The number of anilines is 3. The second-order valence-electron chi connectivity index (χ2n) is 4.37. The van der Waals surface area contributed by atoms with Crippen LogP contribution in [-0.4, -0.2) is 23.1 Å². The van der Waals surface area contributed by atoms with Crippen LogP contribution in [0, 0.1) is 6.20 Å². The largest absolute Gasteiger partial charge is 0.352 e. The summed E-state index contributed by atoms with van der Waals surface area (Å²) >= 11 is 0. The third kappa shape index (κ3) is 2.97. The van der Waals surface area contributed by atoms with Crippen molar-refractivity contribution in [1.29, 1.82) is 0 Å². The second-order valence-corrected chi connectivity index (χ2v) is 4.37. The maximum atomic E-state index is 4.46. The summed E-state index contributed by atoms with van der Waals surface area (Å²) in [7, 11) is 1.98. The lowest BCUT2D eigenvalue weighted by atomic mass is 10.3. The first kappa shape index (κ1) is 12.4. The summed E-state index contributed by atoms with van der Waals surface area (Å²) < 4.78 is 0. The Morgan fingerprint density at radius 1 is 1.22 bits per heavy atom. The first-order valence-electron chi connectivity index (χ1n) is 5.97. The lowest BCUT2D eigenvalue weighted by Crippen LogP contribution is -2.16. The van der Waals surface area contributed by atoms with Crippen molar-refractivity contribution >= 4 is 17.5 Å². The van der Waals surface area contributed by atoms with E-state index in [1.54, 1.807) is 6.07 Å². The molecule has 4 nitrogen and oxygen atoms in total. The lowest BCUT2D eigenvalue weighted by Gasteiger charge is -2.18. The summed E-state index contributed by atoms with van der Waals surface area (Å²) in [4.78, 5) is 10.5. The Kier molecular flexibility index (Phi) is 3.77. The molecule has 1 radical (unpaired) electrons. The van der Waals surface area contributed by atoms with Gasteiger partial charge in [-0.05, 0) is 26.0 Å². The molecule has 0 fully saturated rings. The van der Waals surface area contributed by atoms with E-state index in [2.05, 4.69) is 35.3 Å². The maximum Gasteiger partial charge on any atom is 0.225 e. The molecule has 0 amide bonds. The maximum absolute atomic E-state index is 4.46. The molecule has 0 unspecified atom stereocenters. The Morgan fingerprint density at radius 3 is 2.61 bits per heavy atom. The zero-order valence-electron chi connectivity index (χ0n) is 10.9. The van der Waals surface area contributed by atoms with Crippen molar-refractivity contribution in [3.63, 3.8) is 0 Å². The molecule has 93 valence electrons. The van der Waals surface area contributed by atoms with Gasteiger partial charge in [-0.1, -0.05) is 18.2 Å². The number of aromatic nitrogens is 2. The monoisotopic (exact) mass is 241 g/mol. The topological polar surface area (TPSA) is 41.1 Å². The molecule has 1 aromatic carbocycles. The number of para-hydroxylation sites is 1. The normalized spacial score (nSPS) is 10.4. The van der Waals surface area contributed by atoms with Crippen LogP contribution in [-0.2, 0) is 0 Å². The number of nitrogens with one attached hydrogen (secondary N) is 1. The fourth-order valence-corrected chi connectivity index (χ4v) is 1.60. The number of benzene rings is 1. The highest BCUT2D eigenvalue weighted by Crippen LogP contribution is 2.21. The summed E-state index contributed by atoms with van der Waals surface area (Å²) in [5.74, 6) is 1.42. The number of nitrogens with zero attached hydrogens (tertiary/aromatic N) is 3. The minimum Gasteiger partial charge on any atom is -0.352 e. The molecule has 2 rings (SSSR count). The van der Waals surface area contributed by atoms with Crippen molar-refractivity contribution in [3.05, 3.63) is 42.6 Å². The number of rotatable bonds is 4. The van der Waals surface area contributed by atoms with Gasteiger partial charge in [-0.2, -0.15) is 4.98 Å². The highest BCUT2D eigenvalue weighted by Gasteiger charge is 2.07. The van der Waals surface area contributed by atoms with Gasteiger partial charge in [-0.3, -0.25) is 0 Å². The molecule has 1 N–H and O–H groups in total. The van der Waals surface area contributed by atoms with Gasteiger partial charge in [0, 0.05) is 24.8 Å². The van der Waals surface area contributed by atoms with Crippen molar-refractivity contribution < 1.29 is 0 Å². The van der Waals surface area contributed by atoms with Crippen LogP contribution in [0.3, 0.4) is 0 Å². The molecule has 4 heteroatoms. The molecular weight excluding hydrogens is 224 g/mol. The second kappa shape index (κ2) is 5.49. The van der Waals surface area contributed by atoms with E-state index in [9.17, 15) is 0 Å². The summed E-state index contributed by atoms with van der Waals surface area (Å²) in [6.07, 6.45) is 2.87. The minimum absolute atomic E-state index is 0.302. The Labute approximate surface area is 108 Å². The van der Waals surface area contributed by atoms with E-state index < -0.39 is 0 Å². The van der Waals surface area contributed by atoms with E-state index in [0.717, 1.165) is 11.5 Å². The molecule has 0 atom stereocenters. The SMILES string of the molecule is CC(C)Nc1n[c]cc(N(C)c2ccccc2)n1. The van der Waals surface area contributed by atoms with Crippen molar-refractivity contribution in [3.8, 4) is 0 Å². The van der Waals surface area contributed by atoms with E-state index in [0.29, 0.717) is 12.0 Å². The molecule has 0 aliphatic rings. The highest BCUT2D eigenvalue weighted by molar-refractivity contribution is 5.59. The van der Waals surface area contributed by atoms with Crippen LogP contribution in [0.4, 0.5) is 17.5 Å². The Balaban J connectivity index is 2.23. The molecule has 1 aromatic heterocycles. The average molecular weight is 241 g/mol. The fraction of sp³-hybridized carbons (Fsp3) is 0.286. The van der Waals surface area contributed by atoms with Crippen LogP contribution in [0.5, 0.6) is 0 Å². The molecular formula is C14H17N4. The molecule has 0 aliphatic carbocycles. The molecule has 0 saturated heterocycles. The van der Waals surface area contributed by atoms with E-state index >= 15 is 0 Å².